The van der Waals surface area contributed by atoms with Crippen LogP contribution in [-0.2, 0) is 4.79 Å². The number of rotatable bonds is 3. The lowest BCUT2D eigenvalue weighted by atomic mass is 9.96. The summed E-state index contributed by atoms with van der Waals surface area (Å²) in [6.45, 7) is 0. The van der Waals surface area contributed by atoms with Crippen molar-refractivity contribution in [3.63, 3.8) is 0 Å². The molecular weight excluding hydrogens is 363 g/mol. The lowest BCUT2D eigenvalue weighted by molar-refractivity contribution is -0.552. The third kappa shape index (κ3) is 4.47. The number of carbonyl (C=O) groups excluding carboxylic acids is 1. The summed E-state index contributed by atoms with van der Waals surface area (Å²) in [5.41, 5.74) is 5.79. The molecule has 0 saturated carbocycles. The van der Waals surface area contributed by atoms with E-state index < -0.39 is 0 Å². The molecule has 0 spiro atoms. The number of allylic oxidation sites excluding steroid dienone is 5. The molecule has 0 bridgehead atoms. The van der Waals surface area contributed by atoms with Crippen LogP contribution in [0.4, 0.5) is 5.82 Å². The van der Waals surface area contributed by atoms with Gasteiger partial charge in [0, 0.05) is 22.5 Å². The number of nitrogens with zero attached hydrogens (tertiary/aromatic N) is 1. The van der Waals surface area contributed by atoms with E-state index in [9.17, 15) is 4.79 Å². The third-order valence-corrected chi connectivity index (χ3v) is 3.52. The van der Waals surface area contributed by atoms with E-state index in [2.05, 4.69) is 15.9 Å². The van der Waals surface area contributed by atoms with Crippen LogP contribution in [-0.4, -0.2) is 5.78 Å². The molecule has 0 aromatic carbocycles. The van der Waals surface area contributed by atoms with Crippen LogP contribution in [0.3, 0.4) is 0 Å². The first-order valence-electron chi connectivity index (χ1n) is 5.78. The first-order valence-corrected chi connectivity index (χ1v) is 6.95. The lowest BCUT2D eigenvalue weighted by Gasteiger charge is -2.10. The number of aromatic nitrogens is 1. The van der Waals surface area contributed by atoms with E-state index in [1.54, 1.807) is 29.1 Å². The van der Waals surface area contributed by atoms with Gasteiger partial charge in [0.25, 0.3) is 5.82 Å². The second-order valence-electron chi connectivity index (χ2n) is 4.19. The number of anilines is 1. The standard InChI is InChI=1S/C14H12BrClN2O.ClH/c15-11-3-1-2-10(8-11)13(19)6-7-18-9-12(16)4-5-14(18)17;/h1,3-10,17H,2H2;1H/b7-6+;. The molecule has 3 nitrogen and oxygen atoms in total. The van der Waals surface area contributed by atoms with Crippen molar-refractivity contribution in [1.29, 1.82) is 0 Å². The van der Waals surface area contributed by atoms with Crippen LogP contribution >= 0.6 is 27.5 Å². The smallest absolute Gasteiger partial charge is 0.277 e. The lowest BCUT2D eigenvalue weighted by Crippen LogP contribution is -3.00. The molecule has 1 aromatic heterocycles. The summed E-state index contributed by atoms with van der Waals surface area (Å²) >= 11 is 9.25. The van der Waals surface area contributed by atoms with Gasteiger partial charge in [-0.05, 0) is 12.5 Å². The molecule has 6 heteroatoms. The molecule has 106 valence electrons. The molecule has 0 fully saturated rings. The van der Waals surface area contributed by atoms with Gasteiger partial charge >= 0.3 is 0 Å². The van der Waals surface area contributed by atoms with Crippen molar-refractivity contribution >= 4 is 45.3 Å². The zero-order chi connectivity index (χ0) is 13.8. The van der Waals surface area contributed by atoms with Crippen molar-refractivity contribution in [2.75, 3.05) is 5.73 Å². The monoisotopic (exact) mass is 374 g/mol. The van der Waals surface area contributed by atoms with Gasteiger partial charge in [-0.1, -0.05) is 45.8 Å². The van der Waals surface area contributed by atoms with E-state index in [1.165, 1.54) is 6.08 Å². The Hall–Kier alpha value is -1.10. The summed E-state index contributed by atoms with van der Waals surface area (Å²) in [6, 6.07) is 3.39. The minimum absolute atomic E-state index is 0. The van der Waals surface area contributed by atoms with Gasteiger partial charge < -0.3 is 12.4 Å². The maximum atomic E-state index is 12.0. The van der Waals surface area contributed by atoms with Crippen molar-refractivity contribution in [2.24, 2.45) is 5.92 Å². The van der Waals surface area contributed by atoms with Crippen LogP contribution in [0.1, 0.15) is 6.42 Å². The normalized spacial score (nSPS) is 17.7. The van der Waals surface area contributed by atoms with E-state index in [0.717, 1.165) is 4.48 Å². The second-order valence-corrected chi connectivity index (χ2v) is 5.55. The first kappa shape index (κ1) is 17.0. The molecule has 0 amide bonds. The minimum Gasteiger partial charge on any atom is -1.00 e. The summed E-state index contributed by atoms with van der Waals surface area (Å²) in [4.78, 5) is 12.0. The molecular formula is C14H13BrCl2N2O. The van der Waals surface area contributed by atoms with E-state index in [1.807, 2.05) is 18.2 Å². The topological polar surface area (TPSA) is 47.0 Å². The van der Waals surface area contributed by atoms with E-state index >= 15 is 0 Å². The fraction of sp³-hybridized carbons (Fsp3) is 0.143. The number of halogens is 3. The van der Waals surface area contributed by atoms with Gasteiger partial charge in [0.05, 0.1) is 11.2 Å². The third-order valence-electron chi connectivity index (χ3n) is 2.77. The first-order chi connectivity index (χ1) is 9.06. The quantitative estimate of drug-likeness (QED) is 0.602. The maximum Gasteiger partial charge on any atom is 0.277 e. The minimum atomic E-state index is -0.128. The van der Waals surface area contributed by atoms with Gasteiger partial charge in [0.1, 0.15) is 6.20 Å². The van der Waals surface area contributed by atoms with Gasteiger partial charge in [-0.3, -0.25) is 10.5 Å². The molecule has 1 atom stereocenters. The summed E-state index contributed by atoms with van der Waals surface area (Å²) < 4.78 is 2.55. The summed E-state index contributed by atoms with van der Waals surface area (Å²) in [6.07, 6.45) is 11.3. The summed E-state index contributed by atoms with van der Waals surface area (Å²) in [5.74, 6) is 0.429. The second kappa shape index (κ2) is 7.62. The Morgan fingerprint density at radius 1 is 1.50 bits per heavy atom. The fourth-order valence-electron chi connectivity index (χ4n) is 1.75. The van der Waals surface area contributed by atoms with E-state index in [0.29, 0.717) is 17.3 Å². The Bertz CT molecular complexity index is 597. The number of carbonyl (C=O) groups is 1. The molecule has 20 heavy (non-hydrogen) atoms. The average Bonchev–Trinajstić information content (AvgIpc) is 2.39. The van der Waals surface area contributed by atoms with E-state index in [-0.39, 0.29) is 24.1 Å². The Balaban J connectivity index is 0.00000200. The Kier molecular flexibility index (Phi) is 6.46. The van der Waals surface area contributed by atoms with Gasteiger partial charge in [0.2, 0.25) is 0 Å². The number of nitrogens with two attached hydrogens (primary N) is 1. The Morgan fingerprint density at radius 3 is 2.95 bits per heavy atom. The summed E-state index contributed by atoms with van der Waals surface area (Å²) in [7, 11) is 0. The van der Waals surface area contributed by atoms with Crippen LogP contribution in [0.5, 0.6) is 0 Å². The van der Waals surface area contributed by atoms with Gasteiger partial charge in [-0.15, -0.1) is 0 Å². The van der Waals surface area contributed by atoms with Crippen molar-refractivity contribution in [3.05, 3.63) is 52.1 Å². The maximum absolute atomic E-state index is 12.0. The van der Waals surface area contributed by atoms with Crippen LogP contribution < -0.4 is 22.7 Å². The molecule has 1 heterocycles. The van der Waals surface area contributed by atoms with Crippen LogP contribution in [0.25, 0.3) is 6.20 Å². The highest BCUT2D eigenvalue weighted by Gasteiger charge is 2.15. The van der Waals surface area contributed by atoms with Crippen molar-refractivity contribution < 1.29 is 21.8 Å². The molecule has 1 aliphatic rings. The average molecular weight is 376 g/mol. The molecule has 2 N–H and O–H groups in total. The molecule has 0 radical (unpaired) electrons. The highest BCUT2D eigenvalue weighted by Crippen LogP contribution is 2.21. The van der Waals surface area contributed by atoms with Crippen LogP contribution in [0.2, 0.25) is 5.02 Å². The zero-order valence-corrected chi connectivity index (χ0v) is 13.6. The SMILES string of the molecule is Nc1ccc(Cl)c[n+]1/C=C/C(=O)C1C=C(Br)C=CC1.[Cl-]. The van der Waals surface area contributed by atoms with Gasteiger partial charge in [0.15, 0.2) is 5.78 Å². The predicted octanol–water partition coefficient (Wildman–Crippen LogP) is 0.108. The molecule has 0 saturated heterocycles. The summed E-state index contributed by atoms with van der Waals surface area (Å²) in [5, 5.41) is 0.564. The molecule has 1 aliphatic carbocycles. The number of ketones is 1. The number of pyridine rings is 1. The predicted molar refractivity (Wildman–Crippen MR) is 80.7 cm³/mol. The number of hydrogen-bond acceptors (Lipinski definition) is 2. The van der Waals surface area contributed by atoms with Crippen molar-refractivity contribution in [3.8, 4) is 0 Å². The van der Waals surface area contributed by atoms with Crippen molar-refractivity contribution in [2.45, 2.75) is 6.42 Å². The zero-order valence-electron chi connectivity index (χ0n) is 10.5. The fourth-order valence-corrected chi connectivity index (χ4v) is 2.42. The molecule has 1 aromatic rings. The molecule has 0 aliphatic heterocycles. The Labute approximate surface area is 137 Å². The van der Waals surface area contributed by atoms with Crippen molar-refractivity contribution in [1.82, 2.24) is 0 Å². The highest BCUT2D eigenvalue weighted by molar-refractivity contribution is 9.11. The number of hydrogen-bond donors (Lipinski definition) is 1. The van der Waals surface area contributed by atoms with Crippen LogP contribution in [0.15, 0.2) is 47.1 Å². The van der Waals surface area contributed by atoms with Crippen LogP contribution in [0, 0.1) is 5.92 Å². The molecule has 2 rings (SSSR count). The van der Waals surface area contributed by atoms with E-state index in [4.69, 9.17) is 17.3 Å². The molecule has 1 unspecified atom stereocenters. The van der Waals surface area contributed by atoms with Gasteiger partial charge in [-0.2, -0.15) is 0 Å². The Morgan fingerprint density at radius 2 is 2.25 bits per heavy atom. The van der Waals surface area contributed by atoms with Gasteiger partial charge in [-0.25, -0.2) is 4.57 Å². The largest absolute Gasteiger partial charge is 1.00 e. The number of nitrogen functional groups attached to an aromatic ring is 1. The highest BCUT2D eigenvalue weighted by atomic mass is 79.9.